The van der Waals surface area contributed by atoms with Crippen molar-refractivity contribution < 1.29 is 9.59 Å². The van der Waals surface area contributed by atoms with Gasteiger partial charge in [-0.3, -0.25) is 4.79 Å². The summed E-state index contributed by atoms with van der Waals surface area (Å²) in [5, 5.41) is 5.51. The van der Waals surface area contributed by atoms with E-state index in [0.29, 0.717) is 19.1 Å². The van der Waals surface area contributed by atoms with Crippen molar-refractivity contribution in [2.24, 2.45) is 0 Å². The van der Waals surface area contributed by atoms with Crippen molar-refractivity contribution in [3.8, 4) is 0 Å². The van der Waals surface area contributed by atoms with Crippen LogP contribution in [-0.2, 0) is 11.3 Å². The number of amides is 3. The number of imidazole rings is 1. The first-order valence-corrected chi connectivity index (χ1v) is 8.76. The average molecular weight is 343 g/mol. The molecule has 0 radical (unpaired) electrons. The molecule has 0 saturated heterocycles. The summed E-state index contributed by atoms with van der Waals surface area (Å²) in [5.74, 6) is 0.742. The first kappa shape index (κ1) is 17.3. The molecule has 0 aliphatic heterocycles. The van der Waals surface area contributed by atoms with Crippen LogP contribution in [0.25, 0.3) is 11.0 Å². The van der Waals surface area contributed by atoms with E-state index in [1.807, 2.05) is 25.1 Å². The van der Waals surface area contributed by atoms with Crippen molar-refractivity contribution in [3.63, 3.8) is 0 Å². The minimum absolute atomic E-state index is 0.108. The lowest BCUT2D eigenvalue weighted by Gasteiger charge is -2.20. The maximum absolute atomic E-state index is 12.1. The van der Waals surface area contributed by atoms with Gasteiger partial charge in [0, 0.05) is 19.6 Å². The highest BCUT2D eigenvalue weighted by Crippen LogP contribution is 2.38. The van der Waals surface area contributed by atoms with Gasteiger partial charge in [-0.2, -0.15) is 0 Å². The Bertz CT molecular complexity index is 781. The monoisotopic (exact) mass is 343 g/mol. The number of hydrogen-bond acceptors (Lipinski definition) is 3. The Morgan fingerprint density at radius 2 is 2.08 bits per heavy atom. The zero-order valence-corrected chi connectivity index (χ0v) is 15.0. The molecule has 0 spiro atoms. The van der Waals surface area contributed by atoms with Gasteiger partial charge in [0.2, 0.25) is 5.91 Å². The van der Waals surface area contributed by atoms with E-state index in [2.05, 4.69) is 26.3 Å². The Labute approximate surface area is 147 Å². The van der Waals surface area contributed by atoms with Crippen molar-refractivity contribution in [1.29, 1.82) is 0 Å². The van der Waals surface area contributed by atoms with Crippen LogP contribution in [0.5, 0.6) is 0 Å². The zero-order valence-electron chi connectivity index (χ0n) is 15.0. The Morgan fingerprint density at radius 1 is 1.36 bits per heavy atom. The van der Waals surface area contributed by atoms with Gasteiger partial charge in [0.25, 0.3) is 0 Å². The van der Waals surface area contributed by atoms with Gasteiger partial charge in [0.05, 0.1) is 17.6 Å². The van der Waals surface area contributed by atoms with E-state index in [0.717, 1.165) is 29.7 Å². The SMILES string of the molecule is CCN(C)C(=O)C(C)NC(=O)NCc1nc2ccccc2n1C1CC1. The van der Waals surface area contributed by atoms with Crippen LogP contribution in [0, 0.1) is 0 Å². The maximum Gasteiger partial charge on any atom is 0.315 e. The van der Waals surface area contributed by atoms with E-state index in [1.165, 1.54) is 0 Å². The molecule has 7 heteroatoms. The van der Waals surface area contributed by atoms with Crippen LogP contribution in [0.2, 0.25) is 0 Å². The van der Waals surface area contributed by atoms with Gasteiger partial charge in [0.1, 0.15) is 11.9 Å². The Balaban J connectivity index is 1.64. The lowest BCUT2D eigenvalue weighted by molar-refractivity contribution is -0.131. The van der Waals surface area contributed by atoms with Crippen LogP contribution in [0.3, 0.4) is 0 Å². The largest absolute Gasteiger partial charge is 0.344 e. The number of carbonyl (C=O) groups is 2. The molecular weight excluding hydrogens is 318 g/mol. The van der Waals surface area contributed by atoms with Crippen molar-refractivity contribution >= 4 is 23.0 Å². The van der Waals surface area contributed by atoms with Crippen molar-refractivity contribution in [2.45, 2.75) is 45.3 Å². The maximum atomic E-state index is 12.1. The molecule has 134 valence electrons. The Morgan fingerprint density at radius 3 is 2.76 bits per heavy atom. The normalized spacial score (nSPS) is 15.0. The van der Waals surface area contributed by atoms with Crippen LogP contribution < -0.4 is 10.6 Å². The molecule has 1 heterocycles. The molecule has 1 atom stereocenters. The number of likely N-dealkylation sites (N-methyl/N-ethyl adjacent to an activating group) is 1. The molecule has 2 N–H and O–H groups in total. The number of para-hydroxylation sites is 2. The van der Waals surface area contributed by atoms with E-state index in [9.17, 15) is 9.59 Å². The summed E-state index contributed by atoms with van der Waals surface area (Å²) in [4.78, 5) is 30.4. The van der Waals surface area contributed by atoms with E-state index in [4.69, 9.17) is 0 Å². The van der Waals surface area contributed by atoms with Crippen LogP contribution >= 0.6 is 0 Å². The third-order valence-corrected chi connectivity index (χ3v) is 4.56. The van der Waals surface area contributed by atoms with Crippen LogP contribution in [0.15, 0.2) is 24.3 Å². The number of urea groups is 1. The summed E-state index contributed by atoms with van der Waals surface area (Å²) >= 11 is 0. The minimum atomic E-state index is -0.563. The summed E-state index contributed by atoms with van der Waals surface area (Å²) in [6.07, 6.45) is 2.29. The number of benzene rings is 1. The molecule has 0 bridgehead atoms. The number of hydrogen-bond donors (Lipinski definition) is 2. The average Bonchev–Trinajstić information content (AvgIpc) is 3.38. The second kappa shape index (κ2) is 7.13. The number of rotatable bonds is 6. The molecule has 1 aromatic carbocycles. The Kier molecular flexibility index (Phi) is 4.92. The second-order valence-electron chi connectivity index (χ2n) is 6.52. The first-order valence-electron chi connectivity index (χ1n) is 8.76. The fourth-order valence-corrected chi connectivity index (χ4v) is 2.91. The van der Waals surface area contributed by atoms with Gasteiger partial charge >= 0.3 is 6.03 Å². The van der Waals surface area contributed by atoms with E-state index < -0.39 is 6.04 Å². The van der Waals surface area contributed by atoms with E-state index in [1.54, 1.807) is 18.9 Å². The second-order valence-corrected chi connectivity index (χ2v) is 6.52. The molecule has 25 heavy (non-hydrogen) atoms. The van der Waals surface area contributed by atoms with Crippen LogP contribution in [0.4, 0.5) is 4.79 Å². The smallest absolute Gasteiger partial charge is 0.315 e. The summed E-state index contributed by atoms with van der Waals surface area (Å²) in [7, 11) is 1.72. The molecule has 1 saturated carbocycles. The van der Waals surface area contributed by atoms with E-state index >= 15 is 0 Å². The molecule has 1 aliphatic rings. The molecule has 1 fully saturated rings. The quantitative estimate of drug-likeness (QED) is 0.842. The van der Waals surface area contributed by atoms with Gasteiger partial charge in [-0.1, -0.05) is 12.1 Å². The standard InChI is InChI=1S/C18H25N5O2/c1-4-22(3)17(24)12(2)20-18(25)19-11-16-21-14-7-5-6-8-15(14)23(16)13-9-10-13/h5-8,12-13H,4,9-11H2,1-3H3,(H2,19,20,25). The topological polar surface area (TPSA) is 79.3 Å². The van der Waals surface area contributed by atoms with Crippen molar-refractivity contribution in [3.05, 3.63) is 30.1 Å². The zero-order chi connectivity index (χ0) is 18.0. The fraction of sp³-hybridized carbons (Fsp3) is 0.500. The molecule has 2 aromatic rings. The predicted octanol–water partition coefficient (Wildman–Crippen LogP) is 2.04. The van der Waals surface area contributed by atoms with Gasteiger partial charge in [-0.05, 0) is 38.8 Å². The predicted molar refractivity (Wildman–Crippen MR) is 96.1 cm³/mol. The summed E-state index contributed by atoms with van der Waals surface area (Å²) in [5.41, 5.74) is 2.05. The number of aromatic nitrogens is 2. The molecule has 3 amide bonds. The Hall–Kier alpha value is -2.57. The highest BCUT2D eigenvalue weighted by Gasteiger charge is 2.28. The number of nitrogens with zero attached hydrogens (tertiary/aromatic N) is 3. The number of carbonyl (C=O) groups excluding carboxylic acids is 2. The highest BCUT2D eigenvalue weighted by atomic mass is 16.2. The summed E-state index contributed by atoms with van der Waals surface area (Å²) in [6.45, 7) is 4.53. The molecule has 1 aromatic heterocycles. The molecule has 7 nitrogen and oxygen atoms in total. The minimum Gasteiger partial charge on any atom is -0.344 e. The summed E-state index contributed by atoms with van der Waals surface area (Å²) < 4.78 is 2.22. The number of nitrogens with one attached hydrogen (secondary N) is 2. The third kappa shape index (κ3) is 3.75. The van der Waals surface area contributed by atoms with Gasteiger partial charge in [-0.25, -0.2) is 9.78 Å². The number of fused-ring (bicyclic) bond motifs is 1. The van der Waals surface area contributed by atoms with Gasteiger partial charge in [0.15, 0.2) is 0 Å². The molecule has 1 aliphatic carbocycles. The summed E-state index contributed by atoms with van der Waals surface area (Å²) in [6, 6.07) is 7.57. The third-order valence-electron chi connectivity index (χ3n) is 4.56. The molecule has 1 unspecified atom stereocenters. The lowest BCUT2D eigenvalue weighted by Crippen LogP contribution is -2.48. The van der Waals surface area contributed by atoms with Gasteiger partial charge in [-0.15, -0.1) is 0 Å². The van der Waals surface area contributed by atoms with E-state index in [-0.39, 0.29) is 11.9 Å². The molecule has 3 rings (SSSR count). The van der Waals surface area contributed by atoms with Crippen molar-refractivity contribution in [2.75, 3.05) is 13.6 Å². The van der Waals surface area contributed by atoms with Crippen LogP contribution in [-0.4, -0.2) is 46.0 Å². The van der Waals surface area contributed by atoms with Gasteiger partial charge < -0.3 is 20.1 Å². The highest BCUT2D eigenvalue weighted by molar-refractivity contribution is 5.86. The lowest BCUT2D eigenvalue weighted by atomic mass is 10.3. The first-order chi connectivity index (χ1) is 12.0. The molecular formula is C18H25N5O2. The van der Waals surface area contributed by atoms with Crippen LogP contribution in [0.1, 0.15) is 38.6 Å². The van der Waals surface area contributed by atoms with Crippen molar-refractivity contribution in [1.82, 2.24) is 25.1 Å². The fourth-order valence-electron chi connectivity index (χ4n) is 2.91.